The number of ether oxygens (including phenoxy) is 1. The largest absolute Gasteiger partial charge is 0.383 e. The van der Waals surface area contributed by atoms with Crippen LogP contribution in [0.4, 0.5) is 5.69 Å². The van der Waals surface area contributed by atoms with Crippen LogP contribution in [0, 0.1) is 10.1 Å². The molecule has 0 bridgehead atoms. The Kier molecular flexibility index (Phi) is 5.82. The van der Waals surface area contributed by atoms with Crippen molar-refractivity contribution in [2.75, 3.05) is 13.7 Å². The summed E-state index contributed by atoms with van der Waals surface area (Å²) in [5, 5.41) is 20.3. The molecule has 0 aliphatic heterocycles. The third kappa shape index (κ3) is 4.01. The molecule has 0 spiro atoms. The second-order valence-corrected chi connectivity index (χ2v) is 6.58. The average Bonchev–Trinajstić information content (AvgIpc) is 3.04. The summed E-state index contributed by atoms with van der Waals surface area (Å²) in [6.07, 6.45) is 3.37. The fraction of sp³-hybridized carbons (Fsp3) is 0.188. The molecule has 0 saturated heterocycles. The number of rotatable bonds is 7. The molecule has 0 N–H and O–H groups in total. The second-order valence-electron chi connectivity index (χ2n) is 5.16. The fourth-order valence-electron chi connectivity index (χ4n) is 2.25. The van der Waals surface area contributed by atoms with Gasteiger partial charge in [-0.15, -0.1) is 10.2 Å². The van der Waals surface area contributed by atoms with Gasteiger partial charge in [-0.2, -0.15) is 0 Å². The van der Waals surface area contributed by atoms with E-state index >= 15 is 0 Å². The number of nitro groups is 1. The van der Waals surface area contributed by atoms with Crippen LogP contribution < -0.4 is 0 Å². The first-order valence-corrected chi connectivity index (χ1v) is 8.74. The third-order valence-corrected chi connectivity index (χ3v) is 4.99. The Balaban J connectivity index is 1.95. The van der Waals surface area contributed by atoms with Gasteiger partial charge in [0.1, 0.15) is 0 Å². The van der Waals surface area contributed by atoms with E-state index in [9.17, 15) is 10.1 Å². The molecule has 0 fully saturated rings. The molecule has 10 heteroatoms. The zero-order chi connectivity index (χ0) is 18.5. The average molecular weight is 392 g/mol. The van der Waals surface area contributed by atoms with E-state index in [2.05, 4.69) is 15.2 Å². The van der Waals surface area contributed by atoms with Crippen molar-refractivity contribution in [2.24, 2.45) is 0 Å². The summed E-state index contributed by atoms with van der Waals surface area (Å²) in [6.45, 7) is 1.03. The number of methoxy groups -OCH3 is 1. The van der Waals surface area contributed by atoms with Crippen LogP contribution in [0.15, 0.2) is 52.8 Å². The molecule has 0 saturated carbocycles. The molecule has 0 radical (unpaired) electrons. The highest BCUT2D eigenvalue weighted by atomic mass is 35.5. The Labute approximate surface area is 158 Å². The van der Waals surface area contributed by atoms with Gasteiger partial charge < -0.3 is 4.74 Å². The SMILES string of the molecule is COCCn1c(Sc2ccc([N+](=O)[O-])cc2Cl)nnc1-c1ccncc1. The van der Waals surface area contributed by atoms with Crippen molar-refractivity contribution in [3.8, 4) is 11.4 Å². The minimum absolute atomic E-state index is 0.0577. The summed E-state index contributed by atoms with van der Waals surface area (Å²) < 4.78 is 7.10. The van der Waals surface area contributed by atoms with Crippen LogP contribution in [0.3, 0.4) is 0 Å². The summed E-state index contributed by atoms with van der Waals surface area (Å²) >= 11 is 7.48. The first-order valence-electron chi connectivity index (χ1n) is 7.54. The van der Waals surface area contributed by atoms with Gasteiger partial charge in [0.2, 0.25) is 0 Å². The molecule has 0 amide bonds. The third-order valence-electron chi connectivity index (χ3n) is 3.50. The summed E-state index contributed by atoms with van der Waals surface area (Å²) in [5.41, 5.74) is 0.822. The number of pyridine rings is 1. The van der Waals surface area contributed by atoms with Crippen LogP contribution in [-0.2, 0) is 11.3 Å². The van der Waals surface area contributed by atoms with E-state index in [4.69, 9.17) is 16.3 Å². The van der Waals surface area contributed by atoms with Gasteiger partial charge >= 0.3 is 0 Å². The number of non-ortho nitro benzene ring substituents is 1. The Bertz CT molecular complexity index is 920. The van der Waals surface area contributed by atoms with Gasteiger partial charge in [-0.3, -0.25) is 19.7 Å². The van der Waals surface area contributed by atoms with Gasteiger partial charge in [-0.05, 0) is 30.0 Å². The molecule has 0 unspecified atom stereocenters. The molecule has 8 nitrogen and oxygen atoms in total. The van der Waals surface area contributed by atoms with E-state index in [1.165, 1.54) is 23.9 Å². The Morgan fingerprint density at radius 2 is 2.04 bits per heavy atom. The summed E-state index contributed by atoms with van der Waals surface area (Å²) in [4.78, 5) is 15.0. The lowest BCUT2D eigenvalue weighted by molar-refractivity contribution is -0.384. The van der Waals surface area contributed by atoms with E-state index in [0.29, 0.717) is 29.0 Å². The first-order chi connectivity index (χ1) is 12.6. The minimum Gasteiger partial charge on any atom is -0.383 e. The first kappa shape index (κ1) is 18.3. The number of hydrogen-bond donors (Lipinski definition) is 0. The molecule has 2 heterocycles. The number of hydrogen-bond acceptors (Lipinski definition) is 7. The highest BCUT2D eigenvalue weighted by Gasteiger charge is 2.17. The van der Waals surface area contributed by atoms with Crippen LogP contribution in [0.2, 0.25) is 5.02 Å². The van der Waals surface area contributed by atoms with Gasteiger partial charge in [0, 0.05) is 42.1 Å². The van der Waals surface area contributed by atoms with Crippen LogP contribution in [0.25, 0.3) is 11.4 Å². The van der Waals surface area contributed by atoms with Gasteiger partial charge in [-0.25, -0.2) is 0 Å². The molecule has 0 aliphatic carbocycles. The van der Waals surface area contributed by atoms with E-state index < -0.39 is 4.92 Å². The molecule has 2 aromatic heterocycles. The summed E-state index contributed by atoms with van der Waals surface area (Å²) in [5.74, 6) is 0.685. The van der Waals surface area contributed by atoms with Crippen molar-refractivity contribution < 1.29 is 9.66 Å². The smallest absolute Gasteiger partial charge is 0.270 e. The quantitative estimate of drug-likeness (QED) is 0.447. The number of nitrogens with zero attached hydrogens (tertiary/aromatic N) is 5. The molecule has 0 atom stereocenters. The number of halogens is 1. The molecule has 0 aliphatic rings. The molecular formula is C16H14ClN5O3S. The van der Waals surface area contributed by atoms with Crippen molar-refractivity contribution in [3.63, 3.8) is 0 Å². The Morgan fingerprint density at radius 3 is 2.69 bits per heavy atom. The zero-order valence-electron chi connectivity index (χ0n) is 13.7. The van der Waals surface area contributed by atoms with Gasteiger partial charge in [0.05, 0.1) is 23.1 Å². The molecule has 3 aromatic rings. The van der Waals surface area contributed by atoms with Crippen molar-refractivity contribution in [3.05, 3.63) is 57.9 Å². The minimum atomic E-state index is -0.483. The second kappa shape index (κ2) is 8.26. The molecular weight excluding hydrogens is 378 g/mol. The van der Waals surface area contributed by atoms with E-state index in [1.807, 2.05) is 16.7 Å². The fourth-order valence-corrected chi connectivity index (χ4v) is 3.40. The van der Waals surface area contributed by atoms with Crippen LogP contribution in [0.1, 0.15) is 0 Å². The maximum Gasteiger partial charge on any atom is 0.270 e. The van der Waals surface area contributed by atoms with Crippen LogP contribution in [0.5, 0.6) is 0 Å². The molecule has 3 rings (SSSR count). The Hall–Kier alpha value is -2.49. The summed E-state index contributed by atoms with van der Waals surface area (Å²) in [6, 6.07) is 8.03. The number of aromatic nitrogens is 4. The number of nitro benzene ring substituents is 1. The van der Waals surface area contributed by atoms with Crippen LogP contribution >= 0.6 is 23.4 Å². The molecule has 134 valence electrons. The van der Waals surface area contributed by atoms with Crippen molar-refractivity contribution in [1.29, 1.82) is 0 Å². The molecule has 1 aromatic carbocycles. The number of benzene rings is 1. The lowest BCUT2D eigenvalue weighted by Crippen LogP contribution is -2.07. The predicted octanol–water partition coefficient (Wildman–Crippen LogP) is 3.70. The lowest BCUT2D eigenvalue weighted by atomic mass is 10.2. The predicted molar refractivity (Wildman–Crippen MR) is 97.4 cm³/mol. The zero-order valence-corrected chi connectivity index (χ0v) is 15.3. The van der Waals surface area contributed by atoms with Gasteiger partial charge in [0.25, 0.3) is 5.69 Å². The standard InChI is InChI=1S/C16H14ClN5O3S/c1-25-9-8-21-15(11-4-6-18-7-5-11)19-20-16(21)26-14-3-2-12(22(23)24)10-13(14)17/h2-7,10H,8-9H2,1H3. The van der Waals surface area contributed by atoms with Crippen LogP contribution in [-0.4, -0.2) is 38.4 Å². The highest BCUT2D eigenvalue weighted by Crippen LogP contribution is 2.35. The monoisotopic (exact) mass is 391 g/mol. The topological polar surface area (TPSA) is 96.0 Å². The summed E-state index contributed by atoms with van der Waals surface area (Å²) in [7, 11) is 1.62. The van der Waals surface area contributed by atoms with Gasteiger partial charge in [0.15, 0.2) is 11.0 Å². The van der Waals surface area contributed by atoms with Crippen molar-refractivity contribution in [1.82, 2.24) is 19.7 Å². The van der Waals surface area contributed by atoms with Crippen molar-refractivity contribution in [2.45, 2.75) is 16.6 Å². The lowest BCUT2D eigenvalue weighted by Gasteiger charge is -2.10. The maximum absolute atomic E-state index is 10.8. The van der Waals surface area contributed by atoms with E-state index in [1.54, 1.807) is 25.6 Å². The van der Waals surface area contributed by atoms with E-state index in [0.717, 1.165) is 5.56 Å². The maximum atomic E-state index is 10.8. The molecule has 26 heavy (non-hydrogen) atoms. The van der Waals surface area contributed by atoms with Crippen molar-refractivity contribution >= 4 is 29.1 Å². The normalized spacial score (nSPS) is 10.8. The van der Waals surface area contributed by atoms with E-state index in [-0.39, 0.29) is 10.7 Å². The highest BCUT2D eigenvalue weighted by molar-refractivity contribution is 7.99. The van der Waals surface area contributed by atoms with Gasteiger partial charge in [-0.1, -0.05) is 11.6 Å². The Morgan fingerprint density at radius 1 is 1.27 bits per heavy atom.